The van der Waals surface area contributed by atoms with E-state index >= 15 is 0 Å². The number of nitrogens with one attached hydrogen (secondary N) is 1. The standard InChI is InChI=1S/C14H28N2S/c1-12(2)16-7-3-14(4-8-16)15-11-13-5-9-17-10-6-13/h12-15H,3-11H2,1-2H3. The summed E-state index contributed by atoms with van der Waals surface area (Å²) in [6.07, 6.45) is 5.56. The molecule has 2 rings (SSSR count). The molecule has 0 atom stereocenters. The molecule has 0 aromatic heterocycles. The average molecular weight is 256 g/mol. The summed E-state index contributed by atoms with van der Waals surface area (Å²) in [5, 5.41) is 3.81. The Bertz CT molecular complexity index is 206. The quantitative estimate of drug-likeness (QED) is 0.832. The molecule has 2 aliphatic rings. The van der Waals surface area contributed by atoms with Gasteiger partial charge in [-0.05, 0) is 76.6 Å². The number of hydrogen-bond acceptors (Lipinski definition) is 3. The van der Waals surface area contributed by atoms with Crippen LogP contribution in [0.2, 0.25) is 0 Å². The normalized spacial score (nSPS) is 25.6. The van der Waals surface area contributed by atoms with Gasteiger partial charge in [0.25, 0.3) is 0 Å². The maximum Gasteiger partial charge on any atom is 0.00915 e. The molecule has 0 aliphatic carbocycles. The summed E-state index contributed by atoms with van der Waals surface area (Å²) in [4.78, 5) is 2.61. The predicted octanol–water partition coefficient (Wildman–Crippen LogP) is 2.59. The van der Waals surface area contributed by atoms with Crippen molar-refractivity contribution in [3.05, 3.63) is 0 Å². The van der Waals surface area contributed by atoms with Crippen LogP contribution >= 0.6 is 11.8 Å². The highest BCUT2D eigenvalue weighted by Gasteiger charge is 2.21. The molecule has 0 radical (unpaired) electrons. The third kappa shape index (κ3) is 4.46. The minimum absolute atomic E-state index is 0.728. The zero-order valence-corrected chi connectivity index (χ0v) is 12.3. The van der Waals surface area contributed by atoms with Crippen molar-refractivity contribution in [3.8, 4) is 0 Å². The van der Waals surface area contributed by atoms with E-state index in [0.29, 0.717) is 0 Å². The van der Waals surface area contributed by atoms with Gasteiger partial charge in [0.2, 0.25) is 0 Å². The molecule has 2 saturated heterocycles. The smallest absolute Gasteiger partial charge is 0.00915 e. The molecule has 0 saturated carbocycles. The van der Waals surface area contributed by atoms with Crippen LogP contribution in [0.5, 0.6) is 0 Å². The lowest BCUT2D eigenvalue weighted by molar-refractivity contribution is 0.159. The summed E-state index contributed by atoms with van der Waals surface area (Å²) in [6, 6.07) is 1.52. The molecule has 2 nitrogen and oxygen atoms in total. The number of thioether (sulfide) groups is 1. The zero-order chi connectivity index (χ0) is 12.1. The van der Waals surface area contributed by atoms with Gasteiger partial charge < -0.3 is 10.2 Å². The molecule has 100 valence electrons. The summed E-state index contributed by atoms with van der Waals surface area (Å²) in [7, 11) is 0. The predicted molar refractivity (Wildman–Crippen MR) is 77.8 cm³/mol. The average Bonchev–Trinajstić information content (AvgIpc) is 2.38. The largest absolute Gasteiger partial charge is 0.314 e. The van der Waals surface area contributed by atoms with Crippen LogP contribution in [-0.2, 0) is 0 Å². The zero-order valence-electron chi connectivity index (χ0n) is 11.5. The summed E-state index contributed by atoms with van der Waals surface area (Å²) >= 11 is 2.13. The van der Waals surface area contributed by atoms with Crippen LogP contribution < -0.4 is 5.32 Å². The maximum atomic E-state index is 3.81. The second-order valence-corrected chi connectivity index (χ2v) is 7.09. The fourth-order valence-electron chi connectivity index (χ4n) is 2.90. The topological polar surface area (TPSA) is 15.3 Å². The van der Waals surface area contributed by atoms with Crippen LogP contribution in [0.15, 0.2) is 0 Å². The highest BCUT2D eigenvalue weighted by atomic mass is 32.2. The molecular formula is C14H28N2S. The van der Waals surface area contributed by atoms with E-state index in [9.17, 15) is 0 Å². The molecule has 3 heteroatoms. The third-order valence-electron chi connectivity index (χ3n) is 4.30. The van der Waals surface area contributed by atoms with Gasteiger partial charge in [-0.15, -0.1) is 0 Å². The highest BCUT2D eigenvalue weighted by molar-refractivity contribution is 7.99. The van der Waals surface area contributed by atoms with Crippen molar-refractivity contribution in [3.63, 3.8) is 0 Å². The molecule has 0 bridgehead atoms. The molecule has 0 unspecified atom stereocenters. The van der Waals surface area contributed by atoms with E-state index < -0.39 is 0 Å². The number of hydrogen-bond donors (Lipinski definition) is 1. The van der Waals surface area contributed by atoms with Crippen LogP contribution in [0.1, 0.15) is 39.5 Å². The van der Waals surface area contributed by atoms with E-state index in [1.807, 2.05) is 0 Å². The lowest BCUT2D eigenvalue weighted by Gasteiger charge is -2.35. The first-order valence-electron chi connectivity index (χ1n) is 7.31. The van der Waals surface area contributed by atoms with Crippen molar-refractivity contribution in [2.75, 3.05) is 31.1 Å². The van der Waals surface area contributed by atoms with Crippen molar-refractivity contribution in [1.29, 1.82) is 0 Å². The summed E-state index contributed by atoms with van der Waals surface area (Å²) in [5.41, 5.74) is 0. The van der Waals surface area contributed by atoms with E-state index in [1.54, 1.807) is 0 Å². The Morgan fingerprint density at radius 1 is 1.12 bits per heavy atom. The Morgan fingerprint density at radius 2 is 1.76 bits per heavy atom. The van der Waals surface area contributed by atoms with Crippen LogP contribution in [0.3, 0.4) is 0 Å². The van der Waals surface area contributed by atoms with E-state index in [1.165, 1.54) is 56.8 Å². The molecule has 0 aromatic rings. The number of rotatable bonds is 4. The van der Waals surface area contributed by atoms with Gasteiger partial charge in [-0.25, -0.2) is 0 Å². The molecule has 2 aliphatic heterocycles. The van der Waals surface area contributed by atoms with Gasteiger partial charge in [0.15, 0.2) is 0 Å². The molecule has 2 fully saturated rings. The van der Waals surface area contributed by atoms with E-state index in [4.69, 9.17) is 0 Å². The molecule has 0 aromatic carbocycles. The number of piperidine rings is 1. The lowest BCUT2D eigenvalue weighted by atomic mass is 10.00. The second-order valence-electron chi connectivity index (χ2n) is 5.87. The van der Waals surface area contributed by atoms with Crippen molar-refractivity contribution in [1.82, 2.24) is 10.2 Å². The van der Waals surface area contributed by atoms with E-state index in [-0.39, 0.29) is 0 Å². The maximum absolute atomic E-state index is 3.81. The minimum atomic E-state index is 0.728. The van der Waals surface area contributed by atoms with Crippen LogP contribution in [0, 0.1) is 5.92 Å². The van der Waals surface area contributed by atoms with Crippen molar-refractivity contribution in [2.24, 2.45) is 5.92 Å². The highest BCUT2D eigenvalue weighted by Crippen LogP contribution is 2.22. The number of likely N-dealkylation sites (tertiary alicyclic amines) is 1. The van der Waals surface area contributed by atoms with Crippen molar-refractivity contribution >= 4 is 11.8 Å². The van der Waals surface area contributed by atoms with Gasteiger partial charge in [-0.3, -0.25) is 0 Å². The van der Waals surface area contributed by atoms with Crippen LogP contribution in [-0.4, -0.2) is 48.1 Å². The molecular weight excluding hydrogens is 228 g/mol. The first kappa shape index (κ1) is 13.7. The van der Waals surface area contributed by atoms with E-state index in [2.05, 4.69) is 35.8 Å². The summed E-state index contributed by atoms with van der Waals surface area (Å²) < 4.78 is 0. The van der Waals surface area contributed by atoms with Gasteiger partial charge in [0.05, 0.1) is 0 Å². The van der Waals surface area contributed by atoms with Gasteiger partial charge >= 0.3 is 0 Å². The van der Waals surface area contributed by atoms with Gasteiger partial charge in [-0.1, -0.05) is 0 Å². The van der Waals surface area contributed by atoms with Gasteiger partial charge in [-0.2, -0.15) is 11.8 Å². The Labute approximate surface area is 111 Å². The second kappa shape index (κ2) is 7.01. The molecule has 0 amide bonds. The van der Waals surface area contributed by atoms with Crippen molar-refractivity contribution < 1.29 is 0 Å². The first-order valence-corrected chi connectivity index (χ1v) is 8.46. The monoisotopic (exact) mass is 256 g/mol. The molecule has 0 spiro atoms. The molecule has 17 heavy (non-hydrogen) atoms. The van der Waals surface area contributed by atoms with E-state index in [0.717, 1.165) is 18.0 Å². The van der Waals surface area contributed by atoms with Crippen molar-refractivity contribution in [2.45, 2.75) is 51.6 Å². The fraction of sp³-hybridized carbons (Fsp3) is 1.00. The summed E-state index contributed by atoms with van der Waals surface area (Å²) in [6.45, 7) is 8.47. The minimum Gasteiger partial charge on any atom is -0.314 e. The van der Waals surface area contributed by atoms with Crippen LogP contribution in [0.4, 0.5) is 0 Å². The van der Waals surface area contributed by atoms with Gasteiger partial charge in [0, 0.05) is 12.1 Å². The summed E-state index contributed by atoms with van der Waals surface area (Å²) in [5.74, 6) is 3.73. The third-order valence-corrected chi connectivity index (χ3v) is 5.34. The lowest BCUT2D eigenvalue weighted by Crippen LogP contribution is -2.46. The first-order chi connectivity index (χ1) is 8.25. The Morgan fingerprint density at radius 3 is 2.35 bits per heavy atom. The van der Waals surface area contributed by atoms with Gasteiger partial charge in [0.1, 0.15) is 0 Å². The SMILES string of the molecule is CC(C)N1CCC(NCC2CCSCC2)CC1. The molecule has 1 N–H and O–H groups in total. The number of nitrogens with zero attached hydrogens (tertiary/aromatic N) is 1. The molecule has 2 heterocycles. The Kier molecular flexibility index (Phi) is 5.64. The Balaban J connectivity index is 1.61. The van der Waals surface area contributed by atoms with Crippen LogP contribution in [0.25, 0.3) is 0 Å². The Hall–Kier alpha value is 0.270. The fourth-order valence-corrected chi connectivity index (χ4v) is 4.11.